The van der Waals surface area contributed by atoms with Crippen LogP contribution in [0.4, 0.5) is 15.4 Å². The van der Waals surface area contributed by atoms with Gasteiger partial charge in [0.05, 0.1) is 11.1 Å². The van der Waals surface area contributed by atoms with E-state index >= 15 is 4.79 Å². The van der Waals surface area contributed by atoms with Crippen LogP contribution < -0.4 is 10.6 Å². The zero-order valence-corrected chi connectivity index (χ0v) is 24.1. The number of anilines is 1. The van der Waals surface area contributed by atoms with Crippen molar-refractivity contribution < 1.29 is 29.3 Å². The first-order valence-corrected chi connectivity index (χ1v) is 14.3. The van der Waals surface area contributed by atoms with Crippen LogP contribution in [0.15, 0.2) is 54.7 Å². The minimum absolute atomic E-state index is 0.0500. The van der Waals surface area contributed by atoms with Gasteiger partial charge < -0.3 is 30.2 Å². The Morgan fingerprint density at radius 1 is 1.02 bits per heavy atom. The predicted octanol–water partition coefficient (Wildman–Crippen LogP) is 4.28. The Morgan fingerprint density at radius 3 is 2.21 bits per heavy atom. The topological polar surface area (TPSA) is 157 Å². The number of aromatic nitrogens is 2. The summed E-state index contributed by atoms with van der Waals surface area (Å²) in [7, 11) is 0. The number of nitrogens with zero attached hydrogens (tertiary/aromatic N) is 2. The third-order valence-electron chi connectivity index (χ3n) is 8.66. The summed E-state index contributed by atoms with van der Waals surface area (Å²) in [6.45, 7) is 2.75. The van der Waals surface area contributed by atoms with Crippen molar-refractivity contribution in [3.8, 4) is 11.8 Å². The van der Waals surface area contributed by atoms with Crippen molar-refractivity contribution >= 4 is 35.5 Å². The van der Waals surface area contributed by atoms with Gasteiger partial charge in [0.2, 0.25) is 0 Å². The Labute approximate surface area is 252 Å². The van der Waals surface area contributed by atoms with Crippen molar-refractivity contribution in [1.82, 2.24) is 20.2 Å². The van der Waals surface area contributed by atoms with Crippen LogP contribution in [0, 0.1) is 17.8 Å². The second-order valence-corrected chi connectivity index (χ2v) is 12.0. The third-order valence-corrected chi connectivity index (χ3v) is 9.32. The number of amides is 3. The van der Waals surface area contributed by atoms with Gasteiger partial charge >= 0.3 is 12.2 Å². The number of rotatable bonds is 4. The number of benzene rings is 2. The van der Waals surface area contributed by atoms with Crippen molar-refractivity contribution in [2.75, 3.05) is 25.1 Å². The van der Waals surface area contributed by atoms with Crippen LogP contribution in [0.1, 0.15) is 54.3 Å². The van der Waals surface area contributed by atoms with Gasteiger partial charge in [-0.1, -0.05) is 43.0 Å². The number of hydrogen-bond acceptors (Lipinski definition) is 5. The van der Waals surface area contributed by atoms with Gasteiger partial charge in [0, 0.05) is 30.9 Å². The number of ether oxygens (including phenoxy) is 1. The molecule has 0 unspecified atom stereocenters. The molecular formula is C31H30ClN5O6. The zero-order valence-electron chi connectivity index (χ0n) is 23.3. The first kappa shape index (κ1) is 28.6. The van der Waals surface area contributed by atoms with E-state index in [-0.39, 0.29) is 44.3 Å². The van der Waals surface area contributed by atoms with Crippen molar-refractivity contribution in [2.24, 2.45) is 5.92 Å². The van der Waals surface area contributed by atoms with Gasteiger partial charge in [-0.15, -0.1) is 11.6 Å². The van der Waals surface area contributed by atoms with Crippen LogP contribution in [-0.4, -0.2) is 67.8 Å². The highest BCUT2D eigenvalue weighted by Crippen LogP contribution is 2.52. The van der Waals surface area contributed by atoms with Crippen LogP contribution in [-0.2, 0) is 20.6 Å². The number of carbonyl (C=O) groups is 3. The molecule has 6 aliphatic rings. The average Bonchev–Trinajstić information content (AvgIpc) is 3.59. The van der Waals surface area contributed by atoms with E-state index in [0.717, 1.165) is 5.56 Å². The Hall–Kier alpha value is -4.53. The molecule has 222 valence electrons. The molecule has 11 nitrogen and oxygen atoms in total. The molecule has 0 aliphatic carbocycles. The molecule has 6 aliphatic heterocycles. The Morgan fingerprint density at radius 2 is 1.63 bits per heavy atom. The summed E-state index contributed by atoms with van der Waals surface area (Å²) in [5.41, 5.74) is -0.609. The lowest BCUT2D eigenvalue weighted by Crippen LogP contribution is -2.69. The molecule has 2 saturated heterocycles. The Kier molecular flexibility index (Phi) is 7.07. The number of alkyl halides is 1. The summed E-state index contributed by atoms with van der Waals surface area (Å²) in [4.78, 5) is 47.4. The minimum Gasteiger partial charge on any atom is -0.465 e. The Balaban J connectivity index is 1.66. The molecule has 0 saturated carbocycles. The molecule has 0 radical (unpaired) electrons. The molecule has 0 spiro atoms. The molecule has 3 atom stereocenters. The van der Waals surface area contributed by atoms with Crippen molar-refractivity contribution in [2.45, 2.75) is 42.1 Å². The molecule has 9 rings (SSSR count). The highest BCUT2D eigenvalue weighted by atomic mass is 35.5. The summed E-state index contributed by atoms with van der Waals surface area (Å²) in [5, 5.41) is 24.5. The van der Waals surface area contributed by atoms with Gasteiger partial charge in [0.1, 0.15) is 17.2 Å². The smallest absolute Gasteiger partial charge is 0.410 e. The fourth-order valence-electron chi connectivity index (χ4n) is 6.77. The largest absolute Gasteiger partial charge is 0.465 e. The quantitative estimate of drug-likeness (QED) is 0.220. The summed E-state index contributed by atoms with van der Waals surface area (Å²) in [6.07, 6.45) is -0.479. The van der Waals surface area contributed by atoms with Crippen LogP contribution in [0.25, 0.3) is 0 Å². The number of carboxylic acid groups (broad SMARTS) is 2. The monoisotopic (exact) mass is 603 g/mol. The van der Waals surface area contributed by atoms with Gasteiger partial charge in [-0.25, -0.2) is 14.6 Å². The van der Waals surface area contributed by atoms with Crippen molar-refractivity contribution in [1.29, 1.82) is 0 Å². The minimum atomic E-state index is -1.93. The highest BCUT2D eigenvalue weighted by Gasteiger charge is 2.64. The fraction of sp³-hybridized carbons (Fsp3) is 0.355. The molecule has 43 heavy (non-hydrogen) atoms. The van der Waals surface area contributed by atoms with Crippen LogP contribution >= 0.6 is 11.6 Å². The predicted molar refractivity (Wildman–Crippen MR) is 157 cm³/mol. The molecule has 12 heteroatoms. The zero-order chi connectivity index (χ0) is 30.4. The molecular weight excluding hydrogens is 574 g/mol. The van der Waals surface area contributed by atoms with E-state index in [1.165, 1.54) is 6.20 Å². The summed E-state index contributed by atoms with van der Waals surface area (Å²) in [6, 6.07) is 14.4. The second-order valence-electron chi connectivity index (χ2n) is 11.3. The van der Waals surface area contributed by atoms with E-state index in [2.05, 4.69) is 32.4 Å². The lowest BCUT2D eigenvalue weighted by Gasteiger charge is -2.51. The summed E-state index contributed by atoms with van der Waals surface area (Å²) >= 11 is 7.44. The lowest BCUT2D eigenvalue weighted by molar-refractivity contribution is -0.145. The van der Waals surface area contributed by atoms with Gasteiger partial charge in [-0.2, -0.15) is 0 Å². The van der Waals surface area contributed by atoms with E-state index < -0.39 is 34.0 Å². The second kappa shape index (κ2) is 10.6. The number of imidazole rings is 1. The molecule has 3 aromatic rings. The third kappa shape index (κ3) is 4.67. The van der Waals surface area contributed by atoms with Gasteiger partial charge in [0.15, 0.2) is 5.54 Å². The van der Waals surface area contributed by atoms with E-state index in [9.17, 15) is 19.8 Å². The summed E-state index contributed by atoms with van der Waals surface area (Å²) in [5.74, 6) is 6.17. The maximum absolute atomic E-state index is 15.5. The fourth-order valence-corrected chi connectivity index (χ4v) is 7.16. The lowest BCUT2D eigenvalue weighted by atomic mass is 9.71. The molecule has 3 amide bonds. The summed E-state index contributed by atoms with van der Waals surface area (Å²) < 4.78 is 5.61. The number of carbonyl (C=O) groups excluding carboxylic acids is 1. The van der Waals surface area contributed by atoms with Crippen LogP contribution in [0.5, 0.6) is 0 Å². The number of aromatic amines is 1. The molecule has 2 aromatic carbocycles. The first-order valence-electron chi connectivity index (χ1n) is 14.0. The SMILES string of the molecule is C[C@@H]1CN2C(=O)[C@](NC(=O)O)(C3(Cl)CCOCC3)c3ccc(cc3)C#Cc3ccc(cc3)[C@]2(c2ncc(NC(=O)O)[nH]2)C1. The van der Waals surface area contributed by atoms with Gasteiger partial charge in [-0.3, -0.25) is 10.1 Å². The van der Waals surface area contributed by atoms with Gasteiger partial charge in [-0.05, 0) is 60.6 Å². The van der Waals surface area contributed by atoms with E-state index in [1.807, 2.05) is 31.2 Å². The normalized spacial score (nSPS) is 25.8. The molecule has 1 aromatic heterocycles. The first-order chi connectivity index (χ1) is 20.6. The number of hydrogen-bond donors (Lipinski definition) is 5. The van der Waals surface area contributed by atoms with Crippen molar-refractivity contribution in [3.05, 3.63) is 82.8 Å². The number of H-pyrrole nitrogens is 1. The maximum atomic E-state index is 15.5. The molecule has 5 N–H and O–H groups in total. The molecule has 2 fully saturated rings. The van der Waals surface area contributed by atoms with E-state index in [1.54, 1.807) is 29.2 Å². The molecule has 7 heterocycles. The maximum Gasteiger partial charge on any atom is 0.410 e. The number of halogens is 1. The average molecular weight is 604 g/mol. The van der Waals surface area contributed by atoms with E-state index in [4.69, 9.17) is 16.3 Å². The standard InChI is InChI=1S/C31H30ClN5O6/c1-19-16-30(25-33-17-24(34-25)35-27(39)40)22-8-4-20(5-9-22)2-3-21-6-10-23(11-7-21)31(36-28(41)42,26(38)37(30)18-19)29(32)12-14-43-15-13-29/h4-11,17,19,35-36H,12-16,18H2,1H3,(H,33,34)(H,39,40)(H,41,42)/t19-,30-,31-/m0/s1. The van der Waals surface area contributed by atoms with Gasteiger partial charge in [0.25, 0.3) is 5.91 Å². The van der Waals surface area contributed by atoms with Crippen LogP contribution in [0.2, 0.25) is 0 Å². The van der Waals surface area contributed by atoms with Crippen molar-refractivity contribution in [3.63, 3.8) is 0 Å². The number of nitrogens with one attached hydrogen (secondary N) is 3. The highest BCUT2D eigenvalue weighted by molar-refractivity contribution is 6.27. The Bertz CT molecular complexity index is 1640. The molecule has 4 bridgehead atoms. The van der Waals surface area contributed by atoms with Crippen LogP contribution in [0.3, 0.4) is 0 Å². The van der Waals surface area contributed by atoms with E-state index in [0.29, 0.717) is 28.9 Å².